The smallest absolute Gasteiger partial charge is 0.258 e. The summed E-state index contributed by atoms with van der Waals surface area (Å²) in [7, 11) is 1.94. The Morgan fingerprint density at radius 3 is 2.95 bits per heavy atom. The van der Waals surface area contributed by atoms with Crippen LogP contribution in [0.3, 0.4) is 0 Å². The number of aromatic nitrogens is 2. The van der Waals surface area contributed by atoms with Gasteiger partial charge in [0.25, 0.3) is 5.89 Å². The number of nitrogens with zero attached hydrogens (tertiary/aromatic N) is 2. The average molecular weight is 261 g/mol. The highest BCUT2D eigenvalue weighted by Crippen LogP contribution is 2.22. The molecule has 5 heteroatoms. The van der Waals surface area contributed by atoms with E-state index in [-0.39, 0.29) is 0 Å². The highest BCUT2D eigenvalue weighted by molar-refractivity contribution is 5.58. The van der Waals surface area contributed by atoms with Crippen LogP contribution < -0.4 is 5.32 Å². The third-order valence-electron chi connectivity index (χ3n) is 2.80. The molecule has 0 amide bonds. The standard InChI is InChI=1S/C14H19N3O2/c1-3-18-10-13-16-14(19-17-13)12-7-5-4-6-11(12)8-9-15-2/h4-7,15H,3,8-10H2,1-2H3. The molecule has 1 N–H and O–H groups in total. The van der Waals surface area contributed by atoms with E-state index in [1.165, 1.54) is 5.56 Å². The molecule has 0 aliphatic carbocycles. The van der Waals surface area contributed by atoms with E-state index < -0.39 is 0 Å². The van der Waals surface area contributed by atoms with Crippen LogP contribution in [0, 0.1) is 0 Å². The van der Waals surface area contributed by atoms with E-state index in [1.807, 2.05) is 32.2 Å². The molecule has 0 saturated heterocycles. The van der Waals surface area contributed by atoms with E-state index in [9.17, 15) is 0 Å². The van der Waals surface area contributed by atoms with Crippen molar-refractivity contribution in [3.63, 3.8) is 0 Å². The van der Waals surface area contributed by atoms with Gasteiger partial charge in [0, 0.05) is 12.2 Å². The van der Waals surface area contributed by atoms with E-state index in [0.717, 1.165) is 18.5 Å². The van der Waals surface area contributed by atoms with E-state index in [1.54, 1.807) is 0 Å². The van der Waals surface area contributed by atoms with Gasteiger partial charge < -0.3 is 14.6 Å². The van der Waals surface area contributed by atoms with Gasteiger partial charge in [0.15, 0.2) is 5.82 Å². The molecule has 0 unspecified atom stereocenters. The van der Waals surface area contributed by atoms with Crippen LogP contribution >= 0.6 is 0 Å². The van der Waals surface area contributed by atoms with Gasteiger partial charge in [-0.2, -0.15) is 4.98 Å². The number of ether oxygens (including phenoxy) is 1. The Labute approximate surface area is 113 Å². The molecule has 2 rings (SSSR count). The summed E-state index contributed by atoms with van der Waals surface area (Å²) in [6.45, 7) is 3.88. The molecule has 2 aromatic rings. The third-order valence-corrected chi connectivity index (χ3v) is 2.80. The van der Waals surface area contributed by atoms with Crippen molar-refractivity contribution in [1.29, 1.82) is 0 Å². The largest absolute Gasteiger partial charge is 0.374 e. The molecule has 102 valence electrons. The fraction of sp³-hybridized carbons (Fsp3) is 0.429. The molecule has 0 radical (unpaired) electrons. The molecule has 0 bridgehead atoms. The summed E-state index contributed by atoms with van der Waals surface area (Å²) in [5.41, 5.74) is 2.19. The Hall–Kier alpha value is -1.72. The monoisotopic (exact) mass is 261 g/mol. The van der Waals surface area contributed by atoms with Crippen LogP contribution in [-0.4, -0.2) is 30.3 Å². The maximum absolute atomic E-state index is 5.31. The van der Waals surface area contributed by atoms with Crippen LogP contribution in [0.5, 0.6) is 0 Å². The van der Waals surface area contributed by atoms with Crippen molar-refractivity contribution in [3.05, 3.63) is 35.7 Å². The van der Waals surface area contributed by atoms with E-state index in [4.69, 9.17) is 9.26 Å². The van der Waals surface area contributed by atoms with Crippen LogP contribution in [0.2, 0.25) is 0 Å². The van der Waals surface area contributed by atoms with Crippen LogP contribution in [0.1, 0.15) is 18.3 Å². The predicted molar refractivity (Wildman–Crippen MR) is 72.7 cm³/mol. The zero-order valence-corrected chi connectivity index (χ0v) is 11.3. The SMILES string of the molecule is CCOCc1noc(-c2ccccc2CCNC)n1. The summed E-state index contributed by atoms with van der Waals surface area (Å²) in [6, 6.07) is 8.08. The summed E-state index contributed by atoms with van der Waals surface area (Å²) in [5, 5.41) is 7.07. The average Bonchev–Trinajstić information content (AvgIpc) is 2.92. The van der Waals surface area contributed by atoms with Crippen molar-refractivity contribution in [2.45, 2.75) is 20.0 Å². The molecule has 0 spiro atoms. The van der Waals surface area contributed by atoms with Crippen molar-refractivity contribution in [3.8, 4) is 11.5 Å². The van der Waals surface area contributed by atoms with Gasteiger partial charge in [-0.1, -0.05) is 23.4 Å². The first kappa shape index (κ1) is 13.7. The quantitative estimate of drug-likeness (QED) is 0.826. The van der Waals surface area contributed by atoms with E-state index in [2.05, 4.69) is 21.5 Å². The van der Waals surface area contributed by atoms with Crippen LogP contribution in [-0.2, 0) is 17.8 Å². The third kappa shape index (κ3) is 3.62. The van der Waals surface area contributed by atoms with Gasteiger partial charge in [0.1, 0.15) is 6.61 Å². The van der Waals surface area contributed by atoms with Crippen molar-refractivity contribution in [2.24, 2.45) is 0 Å². The number of nitrogens with one attached hydrogen (secondary N) is 1. The number of hydrogen-bond donors (Lipinski definition) is 1. The van der Waals surface area contributed by atoms with Crippen LogP contribution in [0.4, 0.5) is 0 Å². The Morgan fingerprint density at radius 2 is 2.16 bits per heavy atom. The van der Waals surface area contributed by atoms with Gasteiger partial charge in [-0.15, -0.1) is 0 Å². The second-order valence-electron chi connectivity index (χ2n) is 4.16. The van der Waals surface area contributed by atoms with Gasteiger partial charge in [0.05, 0.1) is 0 Å². The molecule has 0 fully saturated rings. The van der Waals surface area contributed by atoms with Crippen molar-refractivity contribution in [2.75, 3.05) is 20.2 Å². The van der Waals surface area contributed by atoms with Gasteiger partial charge in [0.2, 0.25) is 0 Å². The highest BCUT2D eigenvalue weighted by atomic mass is 16.5. The molecule has 1 aromatic heterocycles. The molecule has 0 atom stereocenters. The molecule has 1 heterocycles. The van der Waals surface area contributed by atoms with Crippen molar-refractivity contribution < 1.29 is 9.26 Å². The Bertz CT molecular complexity index is 511. The molecule has 0 aliphatic heterocycles. The first-order valence-corrected chi connectivity index (χ1v) is 6.48. The minimum absolute atomic E-state index is 0.388. The lowest BCUT2D eigenvalue weighted by Gasteiger charge is -2.05. The Kier molecular flexibility index (Phi) is 5.06. The summed E-state index contributed by atoms with van der Waals surface area (Å²) >= 11 is 0. The fourth-order valence-corrected chi connectivity index (χ4v) is 1.82. The van der Waals surface area contributed by atoms with Gasteiger partial charge in [-0.25, -0.2) is 0 Å². The molecular formula is C14H19N3O2. The van der Waals surface area contributed by atoms with Crippen molar-refractivity contribution >= 4 is 0 Å². The van der Waals surface area contributed by atoms with Gasteiger partial charge >= 0.3 is 0 Å². The topological polar surface area (TPSA) is 60.2 Å². The zero-order chi connectivity index (χ0) is 13.5. The summed E-state index contributed by atoms with van der Waals surface area (Å²) in [6.07, 6.45) is 0.926. The Balaban J connectivity index is 2.18. The summed E-state index contributed by atoms with van der Waals surface area (Å²) in [4.78, 5) is 4.36. The first-order chi connectivity index (χ1) is 9.35. The molecule has 0 saturated carbocycles. The lowest BCUT2D eigenvalue weighted by Crippen LogP contribution is -2.10. The number of hydrogen-bond acceptors (Lipinski definition) is 5. The van der Waals surface area contributed by atoms with E-state index in [0.29, 0.717) is 24.9 Å². The lowest BCUT2D eigenvalue weighted by molar-refractivity contribution is 0.126. The minimum atomic E-state index is 0.388. The predicted octanol–water partition coefficient (Wildman–Crippen LogP) is 2.03. The number of likely N-dealkylation sites (N-methyl/N-ethyl adjacent to an activating group) is 1. The lowest BCUT2D eigenvalue weighted by atomic mass is 10.0. The summed E-state index contributed by atoms with van der Waals surface area (Å²) < 4.78 is 10.6. The van der Waals surface area contributed by atoms with E-state index >= 15 is 0 Å². The van der Waals surface area contributed by atoms with Crippen LogP contribution in [0.15, 0.2) is 28.8 Å². The van der Waals surface area contributed by atoms with Crippen LogP contribution in [0.25, 0.3) is 11.5 Å². The molecule has 5 nitrogen and oxygen atoms in total. The molecule has 19 heavy (non-hydrogen) atoms. The van der Waals surface area contributed by atoms with Gasteiger partial charge in [-0.3, -0.25) is 0 Å². The molecule has 1 aromatic carbocycles. The normalized spacial score (nSPS) is 10.8. The second kappa shape index (κ2) is 7.01. The maximum Gasteiger partial charge on any atom is 0.258 e. The maximum atomic E-state index is 5.31. The highest BCUT2D eigenvalue weighted by Gasteiger charge is 2.12. The fourth-order valence-electron chi connectivity index (χ4n) is 1.82. The zero-order valence-electron chi connectivity index (χ0n) is 11.3. The molecule has 0 aliphatic rings. The summed E-state index contributed by atoms with van der Waals surface area (Å²) in [5.74, 6) is 1.14. The van der Waals surface area contributed by atoms with Gasteiger partial charge in [-0.05, 0) is 38.6 Å². The molecular weight excluding hydrogens is 242 g/mol. The Morgan fingerprint density at radius 1 is 1.32 bits per heavy atom. The number of benzene rings is 1. The first-order valence-electron chi connectivity index (χ1n) is 6.48. The second-order valence-corrected chi connectivity index (χ2v) is 4.16. The van der Waals surface area contributed by atoms with Crippen molar-refractivity contribution in [1.82, 2.24) is 15.5 Å². The number of rotatable bonds is 7. The minimum Gasteiger partial charge on any atom is -0.374 e.